The molecule has 0 aromatic heterocycles. The fourth-order valence-corrected chi connectivity index (χ4v) is 2.28. The van der Waals surface area contributed by atoms with E-state index in [0.717, 1.165) is 16.7 Å². The van der Waals surface area contributed by atoms with Crippen molar-refractivity contribution >= 4 is 5.91 Å². The number of aliphatic hydroxyl groups excluding tert-OH is 2. The zero-order valence-corrected chi connectivity index (χ0v) is 12.1. The van der Waals surface area contributed by atoms with E-state index in [4.69, 9.17) is 0 Å². The summed E-state index contributed by atoms with van der Waals surface area (Å²) in [4.78, 5) is 12.4. The Labute approximate surface area is 114 Å². The Bertz CT molecular complexity index is 433. The van der Waals surface area contributed by atoms with Crippen LogP contribution in [0.4, 0.5) is 0 Å². The number of amides is 1. The molecule has 0 saturated heterocycles. The fourth-order valence-electron chi connectivity index (χ4n) is 2.28. The molecule has 0 radical (unpaired) electrons. The molecule has 106 valence electrons. The number of hydrogen-bond donors (Lipinski definition) is 3. The van der Waals surface area contributed by atoms with Gasteiger partial charge in [-0.3, -0.25) is 4.79 Å². The van der Waals surface area contributed by atoms with Crippen molar-refractivity contribution in [3.05, 3.63) is 34.4 Å². The third-order valence-corrected chi connectivity index (χ3v) is 3.56. The summed E-state index contributed by atoms with van der Waals surface area (Å²) >= 11 is 0. The molecule has 0 atom stereocenters. The lowest BCUT2D eigenvalue weighted by Gasteiger charge is -2.30. The molecule has 4 heteroatoms. The molecule has 1 rings (SSSR count). The zero-order valence-electron chi connectivity index (χ0n) is 12.1. The minimum absolute atomic E-state index is 0.250. The van der Waals surface area contributed by atoms with Crippen LogP contribution in [0.5, 0.6) is 0 Å². The van der Waals surface area contributed by atoms with Crippen LogP contribution in [0.1, 0.15) is 40.4 Å². The standard InChI is InChI=1S/C15H23NO3/c1-5-15(8-17,9-18)16-14(19)13-11(3)6-10(2)7-12(13)4/h6-7,17-18H,5,8-9H2,1-4H3,(H,16,19). The van der Waals surface area contributed by atoms with Gasteiger partial charge in [-0.05, 0) is 38.3 Å². The third kappa shape index (κ3) is 3.33. The van der Waals surface area contributed by atoms with Crippen molar-refractivity contribution in [3.8, 4) is 0 Å². The molecule has 0 fully saturated rings. The molecule has 19 heavy (non-hydrogen) atoms. The number of carbonyl (C=O) groups is 1. The fraction of sp³-hybridized carbons (Fsp3) is 0.533. The van der Waals surface area contributed by atoms with Gasteiger partial charge >= 0.3 is 0 Å². The summed E-state index contributed by atoms with van der Waals surface area (Å²) < 4.78 is 0. The first-order valence-corrected chi connectivity index (χ1v) is 6.51. The van der Waals surface area contributed by atoms with E-state index in [-0.39, 0.29) is 19.1 Å². The van der Waals surface area contributed by atoms with Crippen LogP contribution in [0.2, 0.25) is 0 Å². The smallest absolute Gasteiger partial charge is 0.252 e. The number of hydrogen-bond acceptors (Lipinski definition) is 3. The highest BCUT2D eigenvalue weighted by Crippen LogP contribution is 2.18. The van der Waals surface area contributed by atoms with Crippen LogP contribution in [0.3, 0.4) is 0 Å². The SMILES string of the molecule is CCC(CO)(CO)NC(=O)c1c(C)cc(C)cc1C. The molecule has 0 saturated carbocycles. The Balaban J connectivity index is 3.08. The van der Waals surface area contributed by atoms with E-state index in [0.29, 0.717) is 12.0 Å². The maximum absolute atomic E-state index is 12.4. The summed E-state index contributed by atoms with van der Waals surface area (Å²) in [5, 5.41) is 21.5. The highest BCUT2D eigenvalue weighted by atomic mass is 16.3. The number of carbonyl (C=O) groups excluding carboxylic acids is 1. The lowest BCUT2D eigenvalue weighted by atomic mass is 9.95. The van der Waals surface area contributed by atoms with Gasteiger partial charge in [0.25, 0.3) is 5.91 Å². The van der Waals surface area contributed by atoms with E-state index in [1.54, 1.807) is 0 Å². The van der Waals surface area contributed by atoms with Gasteiger partial charge in [-0.25, -0.2) is 0 Å². The van der Waals surface area contributed by atoms with E-state index >= 15 is 0 Å². The second kappa shape index (κ2) is 6.17. The van der Waals surface area contributed by atoms with E-state index in [1.165, 1.54) is 0 Å². The average molecular weight is 265 g/mol. The highest BCUT2D eigenvalue weighted by molar-refractivity contribution is 5.97. The first-order chi connectivity index (χ1) is 8.89. The maximum Gasteiger partial charge on any atom is 0.252 e. The maximum atomic E-state index is 12.4. The van der Waals surface area contributed by atoms with Gasteiger partial charge in [-0.1, -0.05) is 24.6 Å². The molecule has 0 aliphatic rings. The Morgan fingerprint density at radius 1 is 1.16 bits per heavy atom. The molecule has 1 aromatic rings. The number of rotatable bonds is 5. The molecule has 1 amide bonds. The van der Waals surface area contributed by atoms with Crippen LogP contribution < -0.4 is 5.32 Å². The van der Waals surface area contributed by atoms with E-state index in [9.17, 15) is 15.0 Å². The van der Waals surface area contributed by atoms with E-state index in [1.807, 2.05) is 39.8 Å². The number of nitrogens with one attached hydrogen (secondary N) is 1. The summed E-state index contributed by atoms with van der Waals surface area (Å²) in [6.07, 6.45) is 0.468. The Kier molecular flexibility index (Phi) is 5.09. The van der Waals surface area contributed by atoms with E-state index < -0.39 is 5.54 Å². The van der Waals surface area contributed by atoms with Crippen molar-refractivity contribution in [1.82, 2.24) is 5.32 Å². The lowest BCUT2D eigenvalue weighted by Crippen LogP contribution is -2.54. The van der Waals surface area contributed by atoms with Gasteiger partial charge in [0.05, 0.1) is 18.8 Å². The monoisotopic (exact) mass is 265 g/mol. The first-order valence-electron chi connectivity index (χ1n) is 6.51. The molecule has 0 aliphatic carbocycles. The van der Waals surface area contributed by atoms with Gasteiger partial charge < -0.3 is 15.5 Å². The molecule has 3 N–H and O–H groups in total. The van der Waals surface area contributed by atoms with Crippen LogP contribution in [0.25, 0.3) is 0 Å². The van der Waals surface area contributed by atoms with Gasteiger partial charge in [0.2, 0.25) is 0 Å². The van der Waals surface area contributed by atoms with Gasteiger partial charge in [0.1, 0.15) is 0 Å². The molecular formula is C15H23NO3. The van der Waals surface area contributed by atoms with Crippen LogP contribution >= 0.6 is 0 Å². The van der Waals surface area contributed by atoms with Gasteiger partial charge in [-0.2, -0.15) is 0 Å². The lowest BCUT2D eigenvalue weighted by molar-refractivity contribution is 0.0652. The minimum Gasteiger partial charge on any atom is -0.394 e. The molecule has 4 nitrogen and oxygen atoms in total. The zero-order chi connectivity index (χ0) is 14.6. The van der Waals surface area contributed by atoms with Crippen molar-refractivity contribution in [1.29, 1.82) is 0 Å². The average Bonchev–Trinajstić information content (AvgIpc) is 2.35. The highest BCUT2D eigenvalue weighted by Gasteiger charge is 2.29. The van der Waals surface area contributed by atoms with Gasteiger partial charge in [0, 0.05) is 5.56 Å². The predicted molar refractivity (Wildman–Crippen MR) is 75.3 cm³/mol. The molecule has 0 heterocycles. The Morgan fingerprint density at radius 3 is 2.00 bits per heavy atom. The third-order valence-electron chi connectivity index (χ3n) is 3.56. The Morgan fingerprint density at radius 2 is 1.63 bits per heavy atom. The molecule has 1 aromatic carbocycles. The summed E-state index contributed by atoms with van der Waals surface area (Å²) in [5.41, 5.74) is 2.57. The summed E-state index contributed by atoms with van der Waals surface area (Å²) in [6, 6.07) is 3.90. The molecule has 0 spiro atoms. The normalized spacial score (nSPS) is 11.5. The van der Waals surface area contributed by atoms with E-state index in [2.05, 4.69) is 5.32 Å². The topological polar surface area (TPSA) is 69.6 Å². The van der Waals surface area contributed by atoms with Crippen molar-refractivity contribution < 1.29 is 15.0 Å². The Hall–Kier alpha value is -1.39. The number of benzene rings is 1. The second-order valence-corrected chi connectivity index (χ2v) is 5.18. The summed E-state index contributed by atoms with van der Waals surface area (Å²) in [6.45, 7) is 7.02. The molecule has 0 bridgehead atoms. The molecule has 0 unspecified atom stereocenters. The summed E-state index contributed by atoms with van der Waals surface area (Å²) in [7, 11) is 0. The molecule has 0 aliphatic heterocycles. The molecular weight excluding hydrogens is 242 g/mol. The minimum atomic E-state index is -0.957. The first kappa shape index (κ1) is 15.7. The van der Waals surface area contributed by atoms with Crippen LogP contribution in [0, 0.1) is 20.8 Å². The second-order valence-electron chi connectivity index (χ2n) is 5.18. The quantitative estimate of drug-likeness (QED) is 0.755. The van der Waals surface area contributed by atoms with Gasteiger partial charge in [-0.15, -0.1) is 0 Å². The van der Waals surface area contributed by atoms with Crippen molar-refractivity contribution in [3.63, 3.8) is 0 Å². The van der Waals surface area contributed by atoms with Crippen molar-refractivity contribution in [2.24, 2.45) is 0 Å². The van der Waals surface area contributed by atoms with Crippen molar-refractivity contribution in [2.45, 2.75) is 39.7 Å². The predicted octanol–water partition coefficient (Wildman–Crippen LogP) is 1.48. The van der Waals surface area contributed by atoms with Crippen LogP contribution in [-0.2, 0) is 0 Å². The van der Waals surface area contributed by atoms with Crippen LogP contribution in [-0.4, -0.2) is 34.9 Å². The van der Waals surface area contributed by atoms with Crippen LogP contribution in [0.15, 0.2) is 12.1 Å². The largest absolute Gasteiger partial charge is 0.394 e. The number of aliphatic hydroxyl groups is 2. The summed E-state index contributed by atoms with van der Waals surface area (Å²) in [5.74, 6) is -0.250. The van der Waals surface area contributed by atoms with Crippen molar-refractivity contribution in [2.75, 3.05) is 13.2 Å². The van der Waals surface area contributed by atoms with Gasteiger partial charge in [0.15, 0.2) is 0 Å². The number of aryl methyl sites for hydroxylation is 3.